The van der Waals surface area contributed by atoms with Gasteiger partial charge in [0.25, 0.3) is 0 Å². The molecule has 0 unspecified atom stereocenters. The van der Waals surface area contributed by atoms with Gasteiger partial charge < -0.3 is 10.2 Å². The van der Waals surface area contributed by atoms with E-state index in [0.717, 1.165) is 38.2 Å². The van der Waals surface area contributed by atoms with Gasteiger partial charge in [0.05, 0.1) is 16.6 Å². The number of nitrogens with zero attached hydrogens (tertiary/aromatic N) is 2. The van der Waals surface area contributed by atoms with Crippen LogP contribution in [0.15, 0.2) is 18.2 Å². The van der Waals surface area contributed by atoms with Crippen LogP contribution in [0.5, 0.6) is 0 Å². The van der Waals surface area contributed by atoms with Crippen molar-refractivity contribution >= 4 is 29.1 Å². The number of amides is 1. The van der Waals surface area contributed by atoms with Gasteiger partial charge in [-0.3, -0.25) is 9.69 Å². The molecule has 0 atom stereocenters. The maximum absolute atomic E-state index is 12.3. The summed E-state index contributed by atoms with van der Waals surface area (Å²) in [5, 5.41) is 4.39. The van der Waals surface area contributed by atoms with Gasteiger partial charge in [-0.2, -0.15) is 0 Å². The smallest absolute Gasteiger partial charge is 0.236 e. The molecule has 1 aromatic carbocycles. The van der Waals surface area contributed by atoms with Gasteiger partial charge in [0.15, 0.2) is 0 Å². The van der Waals surface area contributed by atoms with Crippen LogP contribution >= 0.6 is 23.2 Å². The van der Waals surface area contributed by atoms with Gasteiger partial charge >= 0.3 is 0 Å². The highest BCUT2D eigenvalue weighted by atomic mass is 35.5. The Morgan fingerprint density at radius 2 is 2.10 bits per heavy atom. The summed E-state index contributed by atoms with van der Waals surface area (Å²) < 4.78 is 0. The lowest BCUT2D eigenvalue weighted by Gasteiger charge is -2.23. The SMILES string of the molecule is CN(Cc1ccc(Cl)c(Cl)c1)C(=O)CN1CCCNCC1. The van der Waals surface area contributed by atoms with E-state index in [-0.39, 0.29) is 5.91 Å². The Bertz CT molecular complexity index is 488. The summed E-state index contributed by atoms with van der Waals surface area (Å²) in [6.45, 7) is 4.89. The first-order valence-electron chi connectivity index (χ1n) is 7.17. The van der Waals surface area contributed by atoms with E-state index in [2.05, 4.69) is 10.2 Å². The molecular weight excluding hydrogens is 309 g/mol. The quantitative estimate of drug-likeness (QED) is 0.920. The molecule has 6 heteroatoms. The maximum atomic E-state index is 12.3. The summed E-state index contributed by atoms with van der Waals surface area (Å²) in [5.74, 6) is 0.128. The number of carbonyl (C=O) groups is 1. The largest absolute Gasteiger partial charge is 0.340 e. The second kappa shape index (κ2) is 7.99. The first-order chi connectivity index (χ1) is 10.1. The molecule has 116 valence electrons. The van der Waals surface area contributed by atoms with Crippen LogP contribution in [0.25, 0.3) is 0 Å². The first-order valence-corrected chi connectivity index (χ1v) is 7.93. The Balaban J connectivity index is 1.87. The Morgan fingerprint density at radius 3 is 2.86 bits per heavy atom. The van der Waals surface area contributed by atoms with Crippen LogP contribution in [0.4, 0.5) is 0 Å². The van der Waals surface area contributed by atoms with Gasteiger partial charge in [0.1, 0.15) is 0 Å². The lowest BCUT2D eigenvalue weighted by atomic mass is 10.2. The summed E-state index contributed by atoms with van der Waals surface area (Å²) in [7, 11) is 1.82. The van der Waals surface area contributed by atoms with E-state index in [1.54, 1.807) is 11.0 Å². The molecule has 0 bridgehead atoms. The third kappa shape index (κ3) is 5.15. The van der Waals surface area contributed by atoms with Crippen molar-refractivity contribution in [2.75, 3.05) is 39.8 Å². The fourth-order valence-electron chi connectivity index (χ4n) is 2.37. The van der Waals surface area contributed by atoms with E-state index in [1.807, 2.05) is 19.2 Å². The number of rotatable bonds is 4. The van der Waals surface area contributed by atoms with Gasteiger partial charge in [0, 0.05) is 26.7 Å². The van der Waals surface area contributed by atoms with Crippen molar-refractivity contribution in [2.45, 2.75) is 13.0 Å². The van der Waals surface area contributed by atoms with Crippen LogP contribution in [0.1, 0.15) is 12.0 Å². The molecule has 1 aliphatic heterocycles. The standard InChI is InChI=1S/C15H21Cl2N3O/c1-19(10-12-3-4-13(16)14(17)9-12)15(21)11-20-7-2-5-18-6-8-20/h3-4,9,18H,2,5-8,10-11H2,1H3. The lowest BCUT2D eigenvalue weighted by Crippen LogP contribution is -2.39. The monoisotopic (exact) mass is 329 g/mol. The summed E-state index contributed by atoms with van der Waals surface area (Å²) in [5.41, 5.74) is 0.984. The van der Waals surface area contributed by atoms with Crippen molar-refractivity contribution in [3.8, 4) is 0 Å². The van der Waals surface area contributed by atoms with Crippen molar-refractivity contribution in [1.29, 1.82) is 0 Å². The summed E-state index contributed by atoms with van der Waals surface area (Å²) in [6.07, 6.45) is 1.09. The number of nitrogens with one attached hydrogen (secondary N) is 1. The van der Waals surface area contributed by atoms with Crippen LogP contribution in [-0.2, 0) is 11.3 Å². The zero-order valence-electron chi connectivity index (χ0n) is 12.2. The average Bonchev–Trinajstić information content (AvgIpc) is 2.71. The zero-order valence-corrected chi connectivity index (χ0v) is 13.8. The van der Waals surface area contributed by atoms with Crippen molar-refractivity contribution in [3.05, 3.63) is 33.8 Å². The topological polar surface area (TPSA) is 35.6 Å². The fraction of sp³-hybridized carbons (Fsp3) is 0.533. The van der Waals surface area contributed by atoms with Crippen LogP contribution in [-0.4, -0.2) is 55.5 Å². The molecule has 0 saturated carbocycles. The number of hydrogen-bond acceptors (Lipinski definition) is 3. The number of benzene rings is 1. The predicted octanol–water partition coefficient (Wildman–Crippen LogP) is 2.25. The minimum atomic E-state index is 0.128. The summed E-state index contributed by atoms with van der Waals surface area (Å²) in [4.78, 5) is 16.2. The molecule has 0 aromatic heterocycles. The molecule has 0 aliphatic carbocycles. The molecular formula is C15H21Cl2N3O. The molecule has 1 fully saturated rings. The van der Waals surface area contributed by atoms with Crippen molar-refractivity contribution in [1.82, 2.24) is 15.1 Å². The number of hydrogen-bond donors (Lipinski definition) is 1. The fourth-order valence-corrected chi connectivity index (χ4v) is 2.69. The van der Waals surface area contributed by atoms with E-state index in [4.69, 9.17) is 23.2 Å². The highest BCUT2D eigenvalue weighted by Crippen LogP contribution is 2.23. The first kappa shape index (κ1) is 16.6. The Kier molecular flexibility index (Phi) is 6.30. The third-order valence-electron chi connectivity index (χ3n) is 3.62. The number of halogens is 2. The molecule has 0 spiro atoms. The third-order valence-corrected chi connectivity index (χ3v) is 4.36. The zero-order chi connectivity index (χ0) is 15.2. The Morgan fingerprint density at radius 1 is 1.29 bits per heavy atom. The van der Waals surface area contributed by atoms with E-state index < -0.39 is 0 Å². The van der Waals surface area contributed by atoms with Gasteiger partial charge in [-0.05, 0) is 37.2 Å². The normalized spacial score (nSPS) is 16.5. The maximum Gasteiger partial charge on any atom is 0.236 e. The molecule has 2 rings (SSSR count). The minimum absolute atomic E-state index is 0.128. The Labute approximate surface area is 136 Å². The molecule has 1 saturated heterocycles. The molecule has 0 radical (unpaired) electrons. The number of carbonyl (C=O) groups excluding carboxylic acids is 1. The molecule has 1 aromatic rings. The van der Waals surface area contributed by atoms with E-state index >= 15 is 0 Å². The average molecular weight is 330 g/mol. The Hall–Kier alpha value is -0.810. The molecule has 21 heavy (non-hydrogen) atoms. The van der Waals surface area contributed by atoms with Gasteiger partial charge in [-0.25, -0.2) is 0 Å². The van der Waals surface area contributed by atoms with E-state index in [1.165, 1.54) is 0 Å². The van der Waals surface area contributed by atoms with E-state index in [9.17, 15) is 4.79 Å². The van der Waals surface area contributed by atoms with Crippen molar-refractivity contribution in [2.24, 2.45) is 0 Å². The van der Waals surface area contributed by atoms with Gasteiger partial charge in [-0.1, -0.05) is 29.3 Å². The van der Waals surface area contributed by atoms with Crippen LogP contribution in [0.3, 0.4) is 0 Å². The summed E-state index contributed by atoms with van der Waals surface area (Å²) >= 11 is 11.9. The molecule has 4 nitrogen and oxygen atoms in total. The van der Waals surface area contributed by atoms with E-state index in [0.29, 0.717) is 23.1 Å². The lowest BCUT2D eigenvalue weighted by molar-refractivity contribution is -0.131. The predicted molar refractivity (Wildman–Crippen MR) is 86.9 cm³/mol. The van der Waals surface area contributed by atoms with Gasteiger partial charge in [0.2, 0.25) is 5.91 Å². The van der Waals surface area contributed by atoms with Crippen LogP contribution < -0.4 is 5.32 Å². The number of likely N-dealkylation sites (N-methyl/N-ethyl adjacent to an activating group) is 1. The highest BCUT2D eigenvalue weighted by Gasteiger charge is 2.16. The molecule has 1 heterocycles. The second-order valence-corrected chi connectivity index (χ2v) is 6.19. The molecule has 1 aliphatic rings. The minimum Gasteiger partial charge on any atom is -0.340 e. The van der Waals surface area contributed by atoms with Crippen LogP contribution in [0.2, 0.25) is 10.0 Å². The van der Waals surface area contributed by atoms with Gasteiger partial charge in [-0.15, -0.1) is 0 Å². The van der Waals surface area contributed by atoms with Crippen molar-refractivity contribution in [3.63, 3.8) is 0 Å². The summed E-state index contributed by atoms with van der Waals surface area (Å²) in [6, 6.07) is 5.47. The second-order valence-electron chi connectivity index (χ2n) is 5.38. The van der Waals surface area contributed by atoms with Crippen LogP contribution in [0, 0.1) is 0 Å². The highest BCUT2D eigenvalue weighted by molar-refractivity contribution is 6.42. The van der Waals surface area contributed by atoms with Crippen molar-refractivity contribution < 1.29 is 4.79 Å². The molecule has 1 N–H and O–H groups in total. The molecule has 1 amide bonds.